The first-order valence-corrected chi connectivity index (χ1v) is 9.95. The van der Waals surface area contributed by atoms with Crippen molar-refractivity contribution in [1.82, 2.24) is 9.83 Å². The molecule has 6 nitrogen and oxygen atoms in total. The van der Waals surface area contributed by atoms with E-state index in [0.717, 1.165) is 22.5 Å². The smallest absolute Gasteiger partial charge is 0.286 e. The number of nitrogens with one attached hydrogen (secondary N) is 1. The highest BCUT2D eigenvalue weighted by Gasteiger charge is 2.12. The number of amides is 1. The van der Waals surface area contributed by atoms with Gasteiger partial charge in [-0.25, -0.2) is 9.99 Å². The summed E-state index contributed by atoms with van der Waals surface area (Å²) in [4.78, 5) is 12.1. The van der Waals surface area contributed by atoms with Gasteiger partial charge in [-0.2, -0.15) is 9.50 Å². The predicted molar refractivity (Wildman–Crippen MR) is 125 cm³/mol. The highest BCUT2D eigenvalue weighted by atomic mass is 16.2. The summed E-state index contributed by atoms with van der Waals surface area (Å²) < 4.78 is 4.34. The molecular formula is C25H24N5O+. The van der Waals surface area contributed by atoms with Gasteiger partial charge in [0.15, 0.2) is 5.69 Å². The number of carbonyl (C=O) groups is 1. The molecule has 0 aliphatic carbocycles. The van der Waals surface area contributed by atoms with Gasteiger partial charge in [0.1, 0.15) is 11.9 Å². The molecule has 0 unspecified atom stereocenters. The molecule has 154 valence electrons. The van der Waals surface area contributed by atoms with E-state index in [0.29, 0.717) is 11.3 Å². The second-order valence-corrected chi connectivity index (χ2v) is 7.33. The molecule has 0 saturated carbocycles. The molecule has 2 aromatic carbocycles. The molecule has 0 spiro atoms. The van der Waals surface area contributed by atoms with Crippen LogP contribution in [0.25, 0.3) is 17.8 Å². The average Bonchev–Trinajstić information content (AvgIpc) is 3.10. The fourth-order valence-corrected chi connectivity index (χ4v) is 3.30. The number of hydrazone groups is 1. The molecule has 0 radical (unpaired) electrons. The summed E-state index contributed by atoms with van der Waals surface area (Å²) in [7, 11) is 2.06. The number of nitrogens with zero attached hydrogens (tertiary/aromatic N) is 3. The van der Waals surface area contributed by atoms with E-state index in [9.17, 15) is 4.79 Å². The van der Waals surface area contributed by atoms with E-state index in [2.05, 4.69) is 70.0 Å². The van der Waals surface area contributed by atoms with Gasteiger partial charge in [0.2, 0.25) is 0 Å². The summed E-state index contributed by atoms with van der Waals surface area (Å²) in [6.45, 7) is 2.10. The van der Waals surface area contributed by atoms with Crippen molar-refractivity contribution in [2.24, 2.45) is 12.1 Å². The molecule has 0 aliphatic heterocycles. The van der Waals surface area contributed by atoms with Crippen LogP contribution in [0.1, 0.15) is 32.9 Å². The first-order valence-electron chi connectivity index (χ1n) is 9.95. The fraction of sp³-hybridized carbons (Fsp3) is 0.0800. The van der Waals surface area contributed by atoms with Crippen molar-refractivity contribution >= 4 is 35.6 Å². The number of carbonyl (C=O) groups excluding carboxylic acids is 1. The van der Waals surface area contributed by atoms with Gasteiger partial charge in [-0.15, -0.1) is 0 Å². The third-order valence-electron chi connectivity index (χ3n) is 5.14. The number of rotatable bonds is 5. The Kier molecular flexibility index (Phi) is 5.62. The predicted octanol–water partition coefficient (Wildman–Crippen LogP) is 3.59. The van der Waals surface area contributed by atoms with Crippen molar-refractivity contribution in [3.8, 4) is 0 Å². The van der Waals surface area contributed by atoms with Crippen LogP contribution in [0.2, 0.25) is 0 Å². The Labute approximate surface area is 181 Å². The maximum Gasteiger partial charge on any atom is 0.286 e. The number of hydrogen-bond acceptors (Lipinski definition) is 3. The summed E-state index contributed by atoms with van der Waals surface area (Å²) in [5, 5.41) is 4.03. The maximum atomic E-state index is 12.1. The van der Waals surface area contributed by atoms with Gasteiger partial charge in [0.05, 0.1) is 13.3 Å². The molecule has 4 aromatic rings. The van der Waals surface area contributed by atoms with Gasteiger partial charge in [0, 0.05) is 17.3 Å². The molecule has 6 heteroatoms. The largest absolute Gasteiger partial charge is 0.399 e. The van der Waals surface area contributed by atoms with Gasteiger partial charge in [-0.05, 0) is 54.5 Å². The number of nitrogens with two attached hydrogens (primary N) is 1. The van der Waals surface area contributed by atoms with E-state index in [-0.39, 0.29) is 5.91 Å². The van der Waals surface area contributed by atoms with Crippen LogP contribution in [-0.2, 0) is 7.05 Å². The van der Waals surface area contributed by atoms with E-state index in [1.54, 1.807) is 30.5 Å². The fourth-order valence-electron chi connectivity index (χ4n) is 3.30. The van der Waals surface area contributed by atoms with Gasteiger partial charge in [-0.1, -0.05) is 36.4 Å². The minimum absolute atomic E-state index is 0.279. The van der Waals surface area contributed by atoms with Crippen molar-refractivity contribution < 1.29 is 9.36 Å². The van der Waals surface area contributed by atoms with Crippen LogP contribution < -0.4 is 15.7 Å². The van der Waals surface area contributed by atoms with E-state index < -0.39 is 0 Å². The van der Waals surface area contributed by atoms with E-state index in [1.165, 1.54) is 5.69 Å². The molecule has 3 N–H and O–H groups in total. The lowest BCUT2D eigenvalue weighted by atomic mass is 10.1. The lowest BCUT2D eigenvalue weighted by Crippen LogP contribution is -2.29. The van der Waals surface area contributed by atoms with Crippen LogP contribution in [0.3, 0.4) is 0 Å². The number of imidazole rings is 1. The van der Waals surface area contributed by atoms with Gasteiger partial charge in [-0.3, -0.25) is 4.79 Å². The van der Waals surface area contributed by atoms with E-state index >= 15 is 0 Å². The Bertz CT molecular complexity index is 1280. The standard InChI is InChI=1S/C25H23N5O/c1-18-4-3-5-24-29(2)23(17-30(18)24)15-10-19-6-8-20(9-7-19)16-27-28-25(31)21-11-13-22(26)14-12-21/h3-17H,1-2H3,(H2-,26,28,31)/p+1/b15-10+,27-16+. The Balaban J connectivity index is 1.41. The van der Waals surface area contributed by atoms with E-state index in [1.807, 2.05) is 24.3 Å². The molecule has 0 bridgehead atoms. The van der Waals surface area contributed by atoms with Crippen LogP contribution in [0, 0.1) is 6.92 Å². The molecule has 0 saturated heterocycles. The molecule has 0 fully saturated rings. The quantitative estimate of drug-likeness (QED) is 0.228. The number of benzene rings is 2. The molecule has 2 heterocycles. The number of aryl methyl sites for hydroxylation is 2. The SMILES string of the molecule is Cc1cccc2n1cc(/C=C/c1ccc(/C=N/NC(=O)c3ccc(N)cc3)cc1)[n+]2C. The van der Waals surface area contributed by atoms with Crippen molar-refractivity contribution in [1.29, 1.82) is 0 Å². The van der Waals surface area contributed by atoms with Crippen molar-refractivity contribution in [2.75, 3.05) is 5.73 Å². The molecule has 0 aliphatic rings. The lowest BCUT2D eigenvalue weighted by molar-refractivity contribution is -0.646. The van der Waals surface area contributed by atoms with Crippen LogP contribution in [-0.4, -0.2) is 16.5 Å². The lowest BCUT2D eigenvalue weighted by Gasteiger charge is -2.00. The summed E-state index contributed by atoms with van der Waals surface area (Å²) in [5.41, 5.74) is 14.7. The Morgan fingerprint density at radius 3 is 2.42 bits per heavy atom. The van der Waals surface area contributed by atoms with Crippen LogP contribution in [0.5, 0.6) is 0 Å². The zero-order valence-corrected chi connectivity index (χ0v) is 17.5. The minimum Gasteiger partial charge on any atom is -0.399 e. The van der Waals surface area contributed by atoms with Crippen molar-refractivity contribution in [3.05, 3.63) is 101 Å². The zero-order chi connectivity index (χ0) is 21.8. The van der Waals surface area contributed by atoms with Crippen LogP contribution in [0.15, 0.2) is 78.0 Å². The molecular weight excluding hydrogens is 386 g/mol. The van der Waals surface area contributed by atoms with Gasteiger partial charge < -0.3 is 5.73 Å². The highest BCUT2D eigenvalue weighted by molar-refractivity contribution is 5.95. The monoisotopic (exact) mass is 410 g/mol. The number of hydrogen-bond donors (Lipinski definition) is 2. The molecule has 31 heavy (non-hydrogen) atoms. The number of pyridine rings is 1. The number of aromatic nitrogens is 2. The second-order valence-electron chi connectivity index (χ2n) is 7.33. The molecule has 1 amide bonds. The van der Waals surface area contributed by atoms with Crippen LogP contribution in [0.4, 0.5) is 5.69 Å². The highest BCUT2D eigenvalue weighted by Crippen LogP contribution is 2.11. The third-order valence-corrected chi connectivity index (χ3v) is 5.14. The molecule has 2 aromatic heterocycles. The summed E-state index contributed by atoms with van der Waals surface area (Å²) in [6.07, 6.45) is 7.92. The maximum absolute atomic E-state index is 12.1. The Morgan fingerprint density at radius 1 is 1.00 bits per heavy atom. The summed E-state index contributed by atoms with van der Waals surface area (Å²) in [6, 6.07) is 20.9. The van der Waals surface area contributed by atoms with Gasteiger partial charge in [0.25, 0.3) is 11.6 Å². The van der Waals surface area contributed by atoms with Crippen molar-refractivity contribution in [2.45, 2.75) is 6.92 Å². The van der Waals surface area contributed by atoms with Crippen LogP contribution >= 0.6 is 0 Å². The number of anilines is 1. The Hall–Kier alpha value is -4.19. The van der Waals surface area contributed by atoms with Crippen molar-refractivity contribution in [3.63, 3.8) is 0 Å². The third kappa shape index (κ3) is 4.53. The zero-order valence-electron chi connectivity index (χ0n) is 17.5. The minimum atomic E-state index is -0.279. The first-order chi connectivity index (χ1) is 15.0. The number of fused-ring (bicyclic) bond motifs is 1. The topological polar surface area (TPSA) is 75.8 Å². The average molecular weight is 411 g/mol. The first kappa shape index (κ1) is 20.1. The Morgan fingerprint density at radius 2 is 1.71 bits per heavy atom. The molecule has 4 rings (SSSR count). The summed E-state index contributed by atoms with van der Waals surface area (Å²) >= 11 is 0. The number of nitrogen functional groups attached to an aromatic ring is 1. The summed E-state index contributed by atoms with van der Waals surface area (Å²) in [5.74, 6) is -0.279. The van der Waals surface area contributed by atoms with E-state index in [4.69, 9.17) is 5.73 Å². The normalized spacial score (nSPS) is 11.5. The van der Waals surface area contributed by atoms with Gasteiger partial charge >= 0.3 is 0 Å². The molecule has 0 atom stereocenters. The second kappa shape index (κ2) is 8.67.